The van der Waals surface area contributed by atoms with Crippen LogP contribution in [0.3, 0.4) is 0 Å². The Balaban J connectivity index is 0.000000397. The molecule has 10 rings (SSSR count). The Kier molecular flexibility index (Phi) is 17.4. The molecular weight excluding hydrogens is 911 g/mol. The van der Waals surface area contributed by atoms with Gasteiger partial charge in [0.05, 0.1) is 55.8 Å². The average molecular weight is 979 g/mol. The zero-order chi connectivity index (χ0) is 51.7. The molecule has 5 aliphatic rings. The fourth-order valence-corrected chi connectivity index (χ4v) is 9.88. The van der Waals surface area contributed by atoms with Crippen molar-refractivity contribution in [2.75, 3.05) is 40.9 Å². The fraction of sp³-hybridized carbons (Fsp3) is 0.491. The van der Waals surface area contributed by atoms with Gasteiger partial charge in [-0.2, -0.15) is 14.0 Å². The Labute approximate surface area is 414 Å². The minimum Gasteiger partial charge on any atom is -0.453 e. The molecule has 0 radical (unpaired) electrons. The van der Waals surface area contributed by atoms with E-state index in [0.717, 1.165) is 60.9 Å². The van der Waals surface area contributed by atoms with Gasteiger partial charge in [-0.05, 0) is 103 Å². The number of nitriles is 1. The number of nitrogens with one attached hydrogen (secondary N) is 4. The average Bonchev–Trinajstić information content (AvgIpc) is 4.02. The number of hydrogen-bond acceptors (Lipinski definition) is 11. The van der Waals surface area contributed by atoms with Gasteiger partial charge in [0.1, 0.15) is 30.1 Å². The van der Waals surface area contributed by atoms with Gasteiger partial charge in [0.25, 0.3) is 5.92 Å². The molecule has 3 aliphatic carbocycles. The first-order valence-electron chi connectivity index (χ1n) is 24.5. The highest BCUT2D eigenvalue weighted by Crippen LogP contribution is 2.58. The molecule has 3 amide bonds. The molecule has 2 saturated heterocycles. The number of fused-ring (bicyclic) bond motifs is 6. The molecule has 4 heterocycles. The van der Waals surface area contributed by atoms with Crippen molar-refractivity contribution in [3.8, 4) is 39.6 Å². The first-order chi connectivity index (χ1) is 34.0. The lowest BCUT2D eigenvalue weighted by Crippen LogP contribution is -2.55. The molecule has 2 saturated carbocycles. The number of nitrogens with two attached hydrogens (primary N) is 1. The third-order valence-corrected chi connectivity index (χ3v) is 13.6. The predicted octanol–water partition coefficient (Wildman–Crippen LogP) is 9.67. The van der Waals surface area contributed by atoms with Crippen molar-refractivity contribution in [1.29, 1.82) is 5.26 Å². The van der Waals surface area contributed by atoms with Crippen LogP contribution in [0, 0.1) is 22.7 Å². The summed E-state index contributed by atoms with van der Waals surface area (Å²) in [5, 5.41) is 12.2. The van der Waals surface area contributed by atoms with E-state index in [1.54, 1.807) is 35.4 Å². The zero-order valence-corrected chi connectivity index (χ0v) is 42.1. The highest BCUT2D eigenvalue weighted by molar-refractivity contribution is 5.87. The summed E-state index contributed by atoms with van der Waals surface area (Å²) < 4.78 is 41.6. The monoisotopic (exact) mass is 979 g/mol. The van der Waals surface area contributed by atoms with E-state index in [9.17, 15) is 19.2 Å². The van der Waals surface area contributed by atoms with Crippen molar-refractivity contribution in [3.63, 3.8) is 0 Å². The molecule has 4 fully saturated rings. The Morgan fingerprint density at radius 3 is 2.07 bits per heavy atom. The van der Waals surface area contributed by atoms with E-state index in [4.69, 9.17) is 16.0 Å². The number of carbonyl (C=O) groups is 4. The number of hydrogen-bond donors (Lipinski definition) is 5. The number of nitrogens with zero attached hydrogens (tertiary/aromatic N) is 5. The standard InChI is InChI=1S/C40H40F2N8O3.C4H7NO3.C3H5N.2C3H8/c1-49-25-7-6-24(16-25)40(49,43)36-47-30-10-5-22(15-31(30)48-36)21-3-8-26-27-9-4-23(14-29(27)39(41,42)28(26)13-21)32-18-44-35(46-32)33-17-38(11-12-38)20-50(33)34(51)19-45-37(52)53-2;1-8-4(7)5-2-3-6;1-2-3-4;2*1-3-2/h3-5,8-10,13-15,18,24-25,33H,6-7,11-12,16-17,19-20,43H2,1-2H3,(H,44,46)(H,45,52)(H,47,48);3H,2H2,1H3,(H,5,7);2H2,1H3;2*3H2,1-2H3. The number of aromatic nitrogens is 4. The van der Waals surface area contributed by atoms with Crippen molar-refractivity contribution in [1.82, 2.24) is 40.4 Å². The highest BCUT2D eigenvalue weighted by Gasteiger charge is 2.56. The number of piperidine rings is 1. The van der Waals surface area contributed by atoms with Gasteiger partial charge >= 0.3 is 12.2 Å². The molecule has 2 bridgehead atoms. The number of benzene rings is 3. The van der Waals surface area contributed by atoms with Crippen LogP contribution in [0.4, 0.5) is 18.4 Å². The van der Waals surface area contributed by atoms with Crippen molar-refractivity contribution in [2.45, 2.75) is 116 Å². The van der Waals surface area contributed by atoms with Gasteiger partial charge in [-0.15, -0.1) is 0 Å². The second-order valence-electron chi connectivity index (χ2n) is 18.7. The van der Waals surface area contributed by atoms with Gasteiger partial charge in [-0.3, -0.25) is 9.69 Å². The molecule has 71 heavy (non-hydrogen) atoms. The van der Waals surface area contributed by atoms with E-state index < -0.39 is 23.8 Å². The molecule has 16 nitrogen and oxygen atoms in total. The van der Waals surface area contributed by atoms with Crippen LogP contribution in [-0.4, -0.2) is 101 Å². The summed E-state index contributed by atoms with van der Waals surface area (Å²) >= 11 is 0. The Morgan fingerprint density at radius 2 is 1.49 bits per heavy atom. The number of alkyl halides is 2. The third kappa shape index (κ3) is 11.3. The SMILES string of the molecule is CCC.CCC.CCC#N.COC(=O)NCC(=O)N1CC2(CC2)CC1c1ncc(-c2ccc3c(c2)C(F)(F)c2cc(-c4ccc5nc(C6(N)C7CCC(C7)N6C)[nH]c5c4)ccc2-3)[nH]1.COC(=O)NCC=O. The molecule has 380 valence electrons. The zero-order valence-electron chi connectivity index (χ0n) is 42.1. The number of imidazole rings is 2. The molecule has 6 N–H and O–H groups in total. The minimum absolute atomic E-state index is 0.00662. The van der Waals surface area contributed by atoms with Gasteiger partial charge in [0.15, 0.2) is 0 Å². The summed E-state index contributed by atoms with van der Waals surface area (Å²) in [6.07, 6.45) is 10.2. The van der Waals surface area contributed by atoms with Crippen LogP contribution in [0.15, 0.2) is 60.8 Å². The van der Waals surface area contributed by atoms with Gasteiger partial charge < -0.3 is 45.5 Å². The first-order valence-corrected chi connectivity index (χ1v) is 24.5. The second-order valence-corrected chi connectivity index (χ2v) is 18.7. The van der Waals surface area contributed by atoms with Crippen LogP contribution in [0.5, 0.6) is 0 Å². The first kappa shape index (κ1) is 53.6. The number of aromatic amines is 2. The van der Waals surface area contributed by atoms with Crippen LogP contribution in [0.25, 0.3) is 44.5 Å². The molecule has 18 heteroatoms. The normalized spacial score (nSPS) is 21.0. The molecule has 3 aromatic carbocycles. The van der Waals surface area contributed by atoms with E-state index in [1.807, 2.05) is 43.3 Å². The number of ether oxygens (including phenoxy) is 2. The van der Waals surface area contributed by atoms with E-state index in [0.29, 0.717) is 65.0 Å². The van der Waals surface area contributed by atoms with Crippen LogP contribution in [0.2, 0.25) is 0 Å². The number of rotatable bonds is 8. The molecule has 4 atom stereocenters. The van der Waals surface area contributed by atoms with Crippen LogP contribution < -0.4 is 16.4 Å². The second kappa shape index (κ2) is 23.0. The number of H-pyrrole nitrogens is 2. The van der Waals surface area contributed by atoms with E-state index in [1.165, 1.54) is 27.1 Å². The Hall–Kier alpha value is -6.71. The summed E-state index contributed by atoms with van der Waals surface area (Å²) in [5.74, 6) is -1.74. The molecule has 2 aromatic heterocycles. The van der Waals surface area contributed by atoms with E-state index in [-0.39, 0.29) is 41.6 Å². The summed E-state index contributed by atoms with van der Waals surface area (Å²) in [4.78, 5) is 64.7. The molecule has 5 aromatic rings. The number of alkyl carbamates (subject to hydrolysis) is 2. The maximum absolute atomic E-state index is 16.4. The van der Waals surface area contributed by atoms with Gasteiger partial charge in [-0.1, -0.05) is 77.8 Å². The summed E-state index contributed by atoms with van der Waals surface area (Å²) in [5.41, 5.74) is 11.6. The molecule has 2 aliphatic heterocycles. The molecular formula is C53H68F2N10O6. The third-order valence-electron chi connectivity index (χ3n) is 13.6. The Morgan fingerprint density at radius 1 is 0.901 bits per heavy atom. The van der Waals surface area contributed by atoms with Crippen molar-refractivity contribution in [3.05, 3.63) is 83.6 Å². The number of methoxy groups -OCH3 is 2. The van der Waals surface area contributed by atoms with E-state index in [2.05, 4.69) is 74.7 Å². The van der Waals surface area contributed by atoms with Crippen LogP contribution in [0.1, 0.15) is 121 Å². The highest BCUT2D eigenvalue weighted by atomic mass is 19.3. The minimum atomic E-state index is -3.22. The van der Waals surface area contributed by atoms with Gasteiger partial charge in [0.2, 0.25) is 5.91 Å². The van der Waals surface area contributed by atoms with Gasteiger partial charge in [-0.25, -0.2) is 19.6 Å². The largest absolute Gasteiger partial charge is 0.453 e. The van der Waals surface area contributed by atoms with Gasteiger partial charge in [0, 0.05) is 35.7 Å². The molecule has 1 spiro atoms. The lowest BCUT2D eigenvalue weighted by molar-refractivity contribution is -0.131. The summed E-state index contributed by atoms with van der Waals surface area (Å²) in [7, 11) is 4.56. The summed E-state index contributed by atoms with van der Waals surface area (Å²) in [6.45, 7) is 10.7. The number of amides is 3. The summed E-state index contributed by atoms with van der Waals surface area (Å²) in [6, 6.07) is 18.3. The van der Waals surface area contributed by atoms with Crippen molar-refractivity contribution >= 4 is 35.4 Å². The quantitative estimate of drug-likeness (QED) is 0.0921. The lowest BCUT2D eigenvalue weighted by Gasteiger charge is -2.40. The van der Waals surface area contributed by atoms with Crippen molar-refractivity contribution in [2.24, 2.45) is 17.1 Å². The molecule has 4 unspecified atom stereocenters. The number of carbonyl (C=O) groups excluding carboxylic acids is 4. The van der Waals surface area contributed by atoms with Crippen molar-refractivity contribution < 1.29 is 37.4 Å². The number of likely N-dealkylation sites (tertiary alicyclic amines) is 2. The lowest BCUT2D eigenvalue weighted by atomic mass is 9.91. The Bertz CT molecular complexity index is 2720. The topological polar surface area (TPSA) is 224 Å². The predicted molar refractivity (Wildman–Crippen MR) is 268 cm³/mol. The number of halogens is 2. The van der Waals surface area contributed by atoms with Crippen LogP contribution in [-0.2, 0) is 30.6 Å². The maximum atomic E-state index is 16.4. The maximum Gasteiger partial charge on any atom is 0.407 e. The number of aldehydes is 1. The smallest absolute Gasteiger partial charge is 0.407 e. The fourth-order valence-electron chi connectivity index (χ4n) is 9.88. The van der Waals surface area contributed by atoms with E-state index >= 15 is 8.78 Å². The van der Waals surface area contributed by atoms with Crippen LogP contribution >= 0.6 is 0 Å².